The highest BCUT2D eigenvalue weighted by molar-refractivity contribution is 5.85. The van der Waals surface area contributed by atoms with E-state index in [2.05, 4.69) is 10.4 Å². The molecule has 1 aliphatic rings. The minimum Gasteiger partial charge on any atom is -0.312 e. The van der Waals surface area contributed by atoms with Crippen LogP contribution in [0.3, 0.4) is 0 Å². The molecule has 0 amide bonds. The lowest BCUT2D eigenvalue weighted by Crippen LogP contribution is -2.30. The molecule has 2 heterocycles. The molecule has 0 atom stereocenters. The summed E-state index contributed by atoms with van der Waals surface area (Å²) in [5.41, 5.74) is 2.07. The van der Waals surface area contributed by atoms with E-state index in [1.54, 1.807) is 13.1 Å². The average Bonchev–Trinajstić information content (AvgIpc) is 2.07. The molecule has 5 heteroatoms. The van der Waals surface area contributed by atoms with Crippen molar-refractivity contribution in [2.24, 2.45) is 7.05 Å². The molecule has 72 valence electrons. The van der Waals surface area contributed by atoms with Crippen molar-refractivity contribution in [3.8, 4) is 0 Å². The van der Waals surface area contributed by atoms with Gasteiger partial charge in [-0.05, 0) is 5.56 Å². The summed E-state index contributed by atoms with van der Waals surface area (Å²) in [6, 6.07) is 1.66. The third-order valence-corrected chi connectivity index (χ3v) is 2.11. The quantitative estimate of drug-likeness (QED) is 0.635. The van der Waals surface area contributed by atoms with Gasteiger partial charge in [0.05, 0.1) is 5.69 Å². The van der Waals surface area contributed by atoms with E-state index in [1.807, 2.05) is 0 Å². The summed E-state index contributed by atoms with van der Waals surface area (Å²) in [5.74, 6) is 0. The zero-order valence-corrected chi connectivity index (χ0v) is 8.23. The summed E-state index contributed by atoms with van der Waals surface area (Å²) < 4.78 is 1.39. The van der Waals surface area contributed by atoms with Gasteiger partial charge < -0.3 is 5.32 Å². The maximum absolute atomic E-state index is 11.2. The molecule has 1 aromatic rings. The zero-order chi connectivity index (χ0) is 8.55. The summed E-state index contributed by atoms with van der Waals surface area (Å²) in [6.45, 7) is 1.73. The zero-order valence-electron chi connectivity index (χ0n) is 7.41. The Morgan fingerprint density at radius 3 is 3.15 bits per heavy atom. The number of hydrogen-bond acceptors (Lipinski definition) is 3. The molecule has 0 aromatic carbocycles. The van der Waals surface area contributed by atoms with Crippen LogP contribution in [0.5, 0.6) is 0 Å². The SMILES string of the molecule is Cl.Cn1nc2c(cc1=O)CNCC2. The van der Waals surface area contributed by atoms with Crippen LogP contribution < -0.4 is 10.9 Å². The van der Waals surface area contributed by atoms with Gasteiger partial charge in [-0.2, -0.15) is 5.10 Å². The number of aryl methyl sites for hydroxylation is 1. The molecule has 1 aliphatic heterocycles. The predicted molar refractivity (Wildman–Crippen MR) is 52.1 cm³/mol. The van der Waals surface area contributed by atoms with Crippen LogP contribution in [0.15, 0.2) is 10.9 Å². The summed E-state index contributed by atoms with van der Waals surface area (Å²) >= 11 is 0. The lowest BCUT2D eigenvalue weighted by atomic mass is 10.1. The first kappa shape index (κ1) is 10.2. The highest BCUT2D eigenvalue weighted by Crippen LogP contribution is 2.06. The third-order valence-electron chi connectivity index (χ3n) is 2.11. The fraction of sp³-hybridized carbons (Fsp3) is 0.500. The lowest BCUT2D eigenvalue weighted by molar-refractivity contribution is 0.584. The van der Waals surface area contributed by atoms with E-state index in [0.717, 1.165) is 30.8 Å². The lowest BCUT2D eigenvalue weighted by Gasteiger charge is -2.15. The van der Waals surface area contributed by atoms with Gasteiger partial charge in [0.2, 0.25) is 0 Å². The minimum absolute atomic E-state index is 0. The molecule has 0 spiro atoms. The van der Waals surface area contributed by atoms with Crippen LogP contribution in [0.25, 0.3) is 0 Å². The van der Waals surface area contributed by atoms with E-state index in [1.165, 1.54) is 4.68 Å². The Kier molecular flexibility index (Phi) is 3.06. The molecule has 2 rings (SSSR count). The fourth-order valence-electron chi connectivity index (χ4n) is 1.41. The van der Waals surface area contributed by atoms with Crippen molar-refractivity contribution in [3.05, 3.63) is 27.7 Å². The molecular weight excluding hydrogens is 190 g/mol. The van der Waals surface area contributed by atoms with Crippen LogP contribution in [0.1, 0.15) is 11.3 Å². The van der Waals surface area contributed by atoms with Gasteiger partial charge in [-0.3, -0.25) is 4.79 Å². The summed E-state index contributed by atoms with van der Waals surface area (Å²) in [7, 11) is 1.69. The maximum atomic E-state index is 11.2. The molecule has 13 heavy (non-hydrogen) atoms. The smallest absolute Gasteiger partial charge is 0.266 e. The Bertz CT molecular complexity index is 361. The molecule has 0 unspecified atom stereocenters. The van der Waals surface area contributed by atoms with Gasteiger partial charge in [-0.15, -0.1) is 12.4 Å². The topological polar surface area (TPSA) is 46.9 Å². The molecule has 0 aliphatic carbocycles. The van der Waals surface area contributed by atoms with E-state index >= 15 is 0 Å². The Hall–Kier alpha value is -0.870. The molecule has 0 saturated carbocycles. The average molecular weight is 202 g/mol. The van der Waals surface area contributed by atoms with Crippen molar-refractivity contribution in [3.63, 3.8) is 0 Å². The predicted octanol–water partition coefficient (Wildman–Crippen LogP) is -0.152. The van der Waals surface area contributed by atoms with E-state index in [9.17, 15) is 4.79 Å². The van der Waals surface area contributed by atoms with Crippen LogP contribution in [-0.2, 0) is 20.0 Å². The fourth-order valence-corrected chi connectivity index (χ4v) is 1.41. The third kappa shape index (κ3) is 1.89. The molecule has 1 aromatic heterocycles. The first-order valence-corrected chi connectivity index (χ1v) is 4.04. The van der Waals surface area contributed by atoms with Crippen molar-refractivity contribution in [2.75, 3.05) is 6.54 Å². The number of nitrogens with zero attached hydrogens (tertiary/aromatic N) is 2. The van der Waals surface area contributed by atoms with E-state index in [0.29, 0.717) is 0 Å². The second-order valence-corrected chi connectivity index (χ2v) is 3.00. The largest absolute Gasteiger partial charge is 0.312 e. The number of rotatable bonds is 0. The molecule has 0 bridgehead atoms. The van der Waals surface area contributed by atoms with Gasteiger partial charge in [0.15, 0.2) is 0 Å². The highest BCUT2D eigenvalue weighted by Gasteiger charge is 2.10. The van der Waals surface area contributed by atoms with Gasteiger partial charge >= 0.3 is 0 Å². The van der Waals surface area contributed by atoms with Gasteiger partial charge in [0.25, 0.3) is 5.56 Å². The van der Waals surface area contributed by atoms with Gasteiger partial charge in [0, 0.05) is 32.6 Å². The Morgan fingerprint density at radius 2 is 2.38 bits per heavy atom. The number of aromatic nitrogens is 2. The molecular formula is C8H12ClN3O. The maximum Gasteiger partial charge on any atom is 0.266 e. The second kappa shape index (κ2) is 3.89. The number of nitrogens with one attached hydrogen (secondary N) is 1. The van der Waals surface area contributed by atoms with E-state index in [-0.39, 0.29) is 18.0 Å². The van der Waals surface area contributed by atoms with Crippen molar-refractivity contribution in [1.29, 1.82) is 0 Å². The van der Waals surface area contributed by atoms with Gasteiger partial charge in [-0.25, -0.2) is 4.68 Å². The van der Waals surface area contributed by atoms with Crippen molar-refractivity contribution < 1.29 is 0 Å². The van der Waals surface area contributed by atoms with Crippen LogP contribution in [0, 0.1) is 0 Å². The standard InChI is InChI=1S/C8H11N3O.ClH/c1-11-8(12)4-6-5-9-3-2-7(6)10-11;/h4,9H,2-3,5H2,1H3;1H. The monoisotopic (exact) mass is 201 g/mol. The van der Waals surface area contributed by atoms with E-state index in [4.69, 9.17) is 0 Å². The van der Waals surface area contributed by atoms with Crippen molar-refractivity contribution in [1.82, 2.24) is 15.1 Å². The second-order valence-electron chi connectivity index (χ2n) is 3.00. The normalized spacial score (nSPS) is 14.5. The Labute approximate surface area is 82.4 Å². The molecule has 4 nitrogen and oxygen atoms in total. The molecule has 0 radical (unpaired) electrons. The minimum atomic E-state index is -0.0301. The number of fused-ring (bicyclic) bond motifs is 1. The van der Waals surface area contributed by atoms with E-state index < -0.39 is 0 Å². The number of halogens is 1. The van der Waals surface area contributed by atoms with Crippen LogP contribution >= 0.6 is 12.4 Å². The number of hydrogen-bond donors (Lipinski definition) is 1. The van der Waals surface area contributed by atoms with Crippen LogP contribution in [0.4, 0.5) is 0 Å². The summed E-state index contributed by atoms with van der Waals surface area (Å²) in [4.78, 5) is 11.2. The molecule has 1 N–H and O–H groups in total. The highest BCUT2D eigenvalue weighted by atomic mass is 35.5. The Balaban J connectivity index is 0.000000845. The summed E-state index contributed by atoms with van der Waals surface area (Å²) in [5, 5.41) is 7.38. The molecule has 0 saturated heterocycles. The first-order valence-electron chi connectivity index (χ1n) is 4.04. The van der Waals surface area contributed by atoms with Gasteiger partial charge in [-0.1, -0.05) is 0 Å². The van der Waals surface area contributed by atoms with Crippen molar-refractivity contribution in [2.45, 2.75) is 13.0 Å². The van der Waals surface area contributed by atoms with Crippen LogP contribution in [-0.4, -0.2) is 16.3 Å². The first-order chi connectivity index (χ1) is 5.77. The summed E-state index contributed by atoms with van der Waals surface area (Å²) in [6.07, 6.45) is 0.920. The molecule has 0 fully saturated rings. The van der Waals surface area contributed by atoms with Crippen LogP contribution in [0.2, 0.25) is 0 Å². The van der Waals surface area contributed by atoms with Crippen molar-refractivity contribution >= 4 is 12.4 Å². The van der Waals surface area contributed by atoms with Gasteiger partial charge in [0.1, 0.15) is 0 Å². The Morgan fingerprint density at radius 1 is 1.62 bits per heavy atom.